The van der Waals surface area contributed by atoms with Crippen LogP contribution in [0.3, 0.4) is 0 Å². The molecule has 0 radical (unpaired) electrons. The van der Waals surface area contributed by atoms with E-state index in [1.807, 2.05) is 12.3 Å². The first kappa shape index (κ1) is 8.13. The minimum absolute atomic E-state index is 0.460. The molecule has 0 aliphatic carbocycles. The molecule has 0 bridgehead atoms. The van der Waals surface area contributed by atoms with Gasteiger partial charge in [-0.15, -0.1) is 11.6 Å². The number of hydrogen-bond donors (Lipinski definition) is 0. The second kappa shape index (κ2) is 5.27. The monoisotopic (exact) mass is 149 g/mol. The van der Waals surface area contributed by atoms with Gasteiger partial charge < -0.3 is 0 Å². The fourth-order valence-electron chi connectivity index (χ4n) is 0.224. The first-order chi connectivity index (χ1) is 3.81. The molecule has 0 heterocycles. The molecule has 0 aliphatic heterocycles. The molecule has 1 nitrogen and oxygen atoms in total. The van der Waals surface area contributed by atoms with E-state index in [0.29, 0.717) is 11.8 Å². The fourth-order valence-corrected chi connectivity index (χ4v) is 0.939. The predicted molar refractivity (Wildman–Crippen MR) is 38.0 cm³/mol. The highest BCUT2D eigenvalue weighted by atomic mass is 35.5. The topological polar surface area (TPSA) is 23.8 Å². The van der Waals surface area contributed by atoms with Gasteiger partial charge in [-0.25, -0.2) is 0 Å². The van der Waals surface area contributed by atoms with E-state index >= 15 is 0 Å². The van der Waals surface area contributed by atoms with E-state index in [-0.39, 0.29) is 0 Å². The summed E-state index contributed by atoms with van der Waals surface area (Å²) in [6.07, 6.45) is 0. The average molecular weight is 150 g/mol. The van der Waals surface area contributed by atoms with E-state index in [9.17, 15) is 0 Å². The minimum atomic E-state index is 0.460. The lowest BCUT2D eigenvalue weighted by Gasteiger charge is -1.99. The first-order valence-corrected chi connectivity index (χ1v) is 3.90. The van der Waals surface area contributed by atoms with E-state index in [4.69, 9.17) is 16.9 Å². The third kappa shape index (κ3) is 4.29. The van der Waals surface area contributed by atoms with Gasteiger partial charge in [-0.05, 0) is 17.7 Å². The average Bonchev–Trinajstić information content (AvgIpc) is 1.83. The zero-order valence-corrected chi connectivity index (χ0v) is 6.30. The lowest BCUT2D eigenvalue weighted by atomic mass is 10.3. The number of alkyl halides is 1. The van der Waals surface area contributed by atoms with Gasteiger partial charge in [0.2, 0.25) is 0 Å². The molecule has 0 N–H and O–H groups in total. The van der Waals surface area contributed by atoms with Gasteiger partial charge in [0.25, 0.3) is 0 Å². The van der Waals surface area contributed by atoms with Crippen molar-refractivity contribution in [3.8, 4) is 5.40 Å². The molecule has 3 heteroatoms. The second-order valence-electron chi connectivity index (χ2n) is 1.66. The van der Waals surface area contributed by atoms with Gasteiger partial charge in [-0.2, -0.15) is 5.26 Å². The molecule has 0 saturated carbocycles. The Morgan fingerprint density at radius 3 is 2.88 bits per heavy atom. The summed E-state index contributed by atoms with van der Waals surface area (Å²) < 4.78 is 0. The zero-order valence-electron chi connectivity index (χ0n) is 4.72. The summed E-state index contributed by atoms with van der Waals surface area (Å²) in [4.78, 5) is 0. The van der Waals surface area contributed by atoms with Crippen LogP contribution in [0.15, 0.2) is 0 Å². The zero-order chi connectivity index (χ0) is 6.41. The summed E-state index contributed by atoms with van der Waals surface area (Å²) in [5.74, 6) is 1.95. The van der Waals surface area contributed by atoms with Crippen LogP contribution in [0.1, 0.15) is 6.92 Å². The van der Waals surface area contributed by atoms with E-state index in [1.165, 1.54) is 11.8 Å². The third-order valence-electron chi connectivity index (χ3n) is 0.696. The Labute approximate surface area is 59.0 Å². The highest BCUT2D eigenvalue weighted by Crippen LogP contribution is 2.06. The molecule has 1 atom stereocenters. The van der Waals surface area contributed by atoms with Crippen LogP contribution in [0.25, 0.3) is 0 Å². The minimum Gasteiger partial charge on any atom is -0.185 e. The van der Waals surface area contributed by atoms with Crippen molar-refractivity contribution in [1.82, 2.24) is 0 Å². The molecule has 0 aromatic heterocycles. The number of nitrogens with zero attached hydrogens (tertiary/aromatic N) is 1. The molecule has 0 saturated heterocycles. The smallest absolute Gasteiger partial charge is 0.133 e. The van der Waals surface area contributed by atoms with Crippen molar-refractivity contribution in [2.45, 2.75) is 6.92 Å². The van der Waals surface area contributed by atoms with Crippen molar-refractivity contribution >= 4 is 23.4 Å². The third-order valence-corrected chi connectivity index (χ3v) is 2.09. The largest absolute Gasteiger partial charge is 0.185 e. The Morgan fingerprint density at radius 1 is 1.88 bits per heavy atom. The van der Waals surface area contributed by atoms with E-state index < -0.39 is 0 Å². The normalized spacial score (nSPS) is 12.6. The summed E-state index contributed by atoms with van der Waals surface area (Å²) in [6, 6.07) is 0. The van der Waals surface area contributed by atoms with Gasteiger partial charge >= 0.3 is 0 Å². The van der Waals surface area contributed by atoms with Crippen LogP contribution in [0.4, 0.5) is 0 Å². The molecule has 0 aromatic rings. The van der Waals surface area contributed by atoms with Gasteiger partial charge in [0.1, 0.15) is 5.40 Å². The molecule has 0 fully saturated rings. The summed E-state index contributed by atoms with van der Waals surface area (Å²) in [5.41, 5.74) is 0. The SMILES string of the molecule is CC(CCl)CSC#N. The molecule has 0 aliphatic rings. The summed E-state index contributed by atoms with van der Waals surface area (Å²) in [7, 11) is 0. The number of nitriles is 1. The predicted octanol–water partition coefficient (Wildman–Crippen LogP) is 2.08. The Bertz CT molecular complexity index is 88.9. The molecule has 1 unspecified atom stereocenters. The van der Waals surface area contributed by atoms with Gasteiger partial charge in [-0.1, -0.05) is 6.92 Å². The van der Waals surface area contributed by atoms with Crippen molar-refractivity contribution in [2.24, 2.45) is 5.92 Å². The number of rotatable bonds is 3. The molecule has 0 rings (SSSR count). The standard InChI is InChI=1S/C5H8ClNS/c1-5(2-6)3-8-4-7/h5H,2-3H2,1H3. The number of thiocyanates is 1. The van der Waals surface area contributed by atoms with Gasteiger partial charge in [0.15, 0.2) is 0 Å². The fraction of sp³-hybridized carbons (Fsp3) is 0.800. The second-order valence-corrected chi connectivity index (χ2v) is 2.77. The molecular weight excluding hydrogens is 142 g/mol. The van der Waals surface area contributed by atoms with Crippen LogP contribution in [-0.4, -0.2) is 11.6 Å². The van der Waals surface area contributed by atoms with Crippen LogP contribution in [0, 0.1) is 16.6 Å². The van der Waals surface area contributed by atoms with Crippen molar-refractivity contribution in [2.75, 3.05) is 11.6 Å². The highest BCUT2D eigenvalue weighted by Gasteiger charge is 1.97. The maximum absolute atomic E-state index is 8.08. The van der Waals surface area contributed by atoms with Gasteiger partial charge in [0, 0.05) is 11.6 Å². The number of hydrogen-bond acceptors (Lipinski definition) is 2. The molecule has 0 aromatic carbocycles. The van der Waals surface area contributed by atoms with E-state index in [0.717, 1.165) is 5.75 Å². The van der Waals surface area contributed by atoms with Crippen molar-refractivity contribution in [3.05, 3.63) is 0 Å². The summed E-state index contributed by atoms with van der Waals surface area (Å²) in [5, 5.41) is 10.1. The quantitative estimate of drug-likeness (QED) is 0.453. The van der Waals surface area contributed by atoms with Crippen LogP contribution in [0.5, 0.6) is 0 Å². The van der Waals surface area contributed by atoms with Crippen LogP contribution >= 0.6 is 23.4 Å². The van der Waals surface area contributed by atoms with Crippen LogP contribution < -0.4 is 0 Å². The Balaban J connectivity index is 3.01. The lowest BCUT2D eigenvalue weighted by molar-refractivity contribution is 0.760. The van der Waals surface area contributed by atoms with Crippen LogP contribution in [-0.2, 0) is 0 Å². The van der Waals surface area contributed by atoms with Crippen molar-refractivity contribution < 1.29 is 0 Å². The van der Waals surface area contributed by atoms with Crippen molar-refractivity contribution in [1.29, 1.82) is 5.26 Å². The van der Waals surface area contributed by atoms with E-state index in [1.54, 1.807) is 0 Å². The highest BCUT2D eigenvalue weighted by molar-refractivity contribution is 8.03. The summed E-state index contributed by atoms with van der Waals surface area (Å²) >= 11 is 6.73. The van der Waals surface area contributed by atoms with Crippen molar-refractivity contribution in [3.63, 3.8) is 0 Å². The Hall–Kier alpha value is 0.130. The first-order valence-electron chi connectivity index (χ1n) is 2.38. The Morgan fingerprint density at radius 2 is 2.50 bits per heavy atom. The van der Waals surface area contributed by atoms with Crippen LogP contribution in [0.2, 0.25) is 0 Å². The number of halogens is 1. The molecule has 46 valence electrons. The van der Waals surface area contributed by atoms with E-state index in [2.05, 4.69) is 0 Å². The maximum Gasteiger partial charge on any atom is 0.133 e. The lowest BCUT2D eigenvalue weighted by Crippen LogP contribution is -1.97. The number of thioether (sulfide) groups is 1. The molecular formula is C5H8ClNS. The molecule has 0 amide bonds. The molecule has 0 spiro atoms. The summed E-state index contributed by atoms with van der Waals surface area (Å²) in [6.45, 7) is 2.03. The maximum atomic E-state index is 8.08. The van der Waals surface area contributed by atoms with Gasteiger partial charge in [0.05, 0.1) is 0 Å². The molecule has 8 heavy (non-hydrogen) atoms. The Kier molecular flexibility index (Phi) is 5.36. The van der Waals surface area contributed by atoms with Gasteiger partial charge in [-0.3, -0.25) is 0 Å².